The van der Waals surface area contributed by atoms with Crippen LogP contribution in [0.15, 0.2) is 40.9 Å². The fourth-order valence-electron chi connectivity index (χ4n) is 2.00. The number of aryl methyl sites for hydroxylation is 1. The van der Waals surface area contributed by atoms with Crippen molar-refractivity contribution in [1.82, 2.24) is 0 Å². The Balaban J connectivity index is 2.14. The molecule has 0 heterocycles. The molecule has 0 aliphatic heterocycles. The summed E-state index contributed by atoms with van der Waals surface area (Å²) in [6.45, 7) is 3.79. The molecule has 0 fully saturated rings. The normalized spacial score (nSPS) is 12.2. The zero-order valence-corrected chi connectivity index (χ0v) is 13.8. The van der Waals surface area contributed by atoms with Crippen molar-refractivity contribution in [2.24, 2.45) is 5.73 Å². The van der Waals surface area contributed by atoms with Crippen LogP contribution in [0.1, 0.15) is 24.5 Å². The molecule has 0 spiro atoms. The second-order valence-corrected chi connectivity index (χ2v) is 5.99. The van der Waals surface area contributed by atoms with Gasteiger partial charge in [0.15, 0.2) is 0 Å². The first-order valence-electron chi connectivity index (χ1n) is 6.97. The van der Waals surface area contributed by atoms with Gasteiger partial charge < -0.3 is 10.5 Å². The number of hydrogen-bond acceptors (Lipinski definition) is 2. The molecule has 0 bridgehead atoms. The smallest absolute Gasteiger partial charge is 0.128 e. The third-order valence-electron chi connectivity index (χ3n) is 3.40. The first kappa shape index (κ1) is 16.0. The van der Waals surface area contributed by atoms with E-state index in [9.17, 15) is 4.39 Å². The summed E-state index contributed by atoms with van der Waals surface area (Å²) >= 11 is 3.55. The fraction of sp³-hybridized carbons (Fsp3) is 0.294. The van der Waals surface area contributed by atoms with Gasteiger partial charge in [-0.2, -0.15) is 0 Å². The van der Waals surface area contributed by atoms with Gasteiger partial charge in [-0.1, -0.05) is 28.9 Å². The summed E-state index contributed by atoms with van der Waals surface area (Å²) in [7, 11) is 0. The van der Waals surface area contributed by atoms with E-state index in [-0.39, 0.29) is 11.9 Å². The van der Waals surface area contributed by atoms with Crippen LogP contribution in [0.2, 0.25) is 0 Å². The van der Waals surface area contributed by atoms with Crippen LogP contribution in [0.5, 0.6) is 11.5 Å². The molecule has 0 aromatic heterocycles. The van der Waals surface area contributed by atoms with Crippen molar-refractivity contribution in [2.45, 2.75) is 32.7 Å². The van der Waals surface area contributed by atoms with E-state index in [2.05, 4.69) is 22.9 Å². The summed E-state index contributed by atoms with van der Waals surface area (Å²) < 4.78 is 20.0. The maximum atomic E-state index is 13.2. The van der Waals surface area contributed by atoms with Crippen molar-refractivity contribution in [3.05, 3.63) is 57.8 Å². The molecule has 1 unspecified atom stereocenters. The lowest BCUT2D eigenvalue weighted by Crippen LogP contribution is -2.21. The van der Waals surface area contributed by atoms with Crippen LogP contribution in [0.25, 0.3) is 0 Å². The van der Waals surface area contributed by atoms with Gasteiger partial charge in [0.25, 0.3) is 0 Å². The highest BCUT2D eigenvalue weighted by Gasteiger charge is 2.08. The molecule has 2 N–H and O–H groups in total. The van der Waals surface area contributed by atoms with Gasteiger partial charge >= 0.3 is 0 Å². The van der Waals surface area contributed by atoms with Gasteiger partial charge in [0, 0.05) is 10.5 Å². The standard InChI is InChI=1S/C17H19BrFNO/c1-3-13(20)9-12-4-5-15(10-16(12)18)21-14-6-7-17(19)11(2)8-14/h4-8,10,13H,3,9,20H2,1-2H3. The van der Waals surface area contributed by atoms with Crippen LogP contribution >= 0.6 is 15.9 Å². The Hall–Kier alpha value is -1.39. The van der Waals surface area contributed by atoms with Crippen molar-refractivity contribution >= 4 is 15.9 Å². The Bertz CT molecular complexity index is 630. The minimum atomic E-state index is -0.229. The molecule has 21 heavy (non-hydrogen) atoms. The number of nitrogens with two attached hydrogens (primary N) is 1. The van der Waals surface area contributed by atoms with E-state index in [1.54, 1.807) is 19.1 Å². The number of benzene rings is 2. The zero-order chi connectivity index (χ0) is 15.4. The monoisotopic (exact) mass is 351 g/mol. The predicted octanol–water partition coefficient (Wildman–Crippen LogP) is 4.97. The molecule has 2 aromatic rings. The van der Waals surface area contributed by atoms with Gasteiger partial charge in [0.2, 0.25) is 0 Å². The third-order valence-corrected chi connectivity index (χ3v) is 4.13. The molecule has 0 amide bonds. The topological polar surface area (TPSA) is 35.2 Å². The maximum absolute atomic E-state index is 13.2. The van der Waals surface area contributed by atoms with Gasteiger partial charge in [-0.05, 0) is 61.2 Å². The Labute approximate surface area is 133 Å². The van der Waals surface area contributed by atoms with E-state index in [1.165, 1.54) is 6.07 Å². The summed E-state index contributed by atoms with van der Waals surface area (Å²) in [5.74, 6) is 1.10. The van der Waals surface area contributed by atoms with Gasteiger partial charge in [-0.3, -0.25) is 0 Å². The van der Waals surface area contributed by atoms with Crippen LogP contribution in [-0.4, -0.2) is 6.04 Å². The van der Waals surface area contributed by atoms with Crippen molar-refractivity contribution in [1.29, 1.82) is 0 Å². The van der Waals surface area contributed by atoms with Gasteiger partial charge in [0.05, 0.1) is 0 Å². The van der Waals surface area contributed by atoms with Crippen LogP contribution in [-0.2, 0) is 6.42 Å². The molecule has 1 atom stereocenters. The van der Waals surface area contributed by atoms with Gasteiger partial charge in [0.1, 0.15) is 17.3 Å². The lowest BCUT2D eigenvalue weighted by atomic mass is 10.0. The molecule has 2 nitrogen and oxygen atoms in total. The molecule has 4 heteroatoms. The highest BCUT2D eigenvalue weighted by Crippen LogP contribution is 2.28. The number of hydrogen-bond donors (Lipinski definition) is 1. The van der Waals surface area contributed by atoms with Crippen LogP contribution in [0.4, 0.5) is 4.39 Å². The van der Waals surface area contributed by atoms with E-state index in [0.717, 1.165) is 22.9 Å². The molecule has 0 saturated carbocycles. The number of halogens is 2. The Morgan fingerprint density at radius 3 is 2.48 bits per heavy atom. The molecule has 0 aliphatic rings. The Morgan fingerprint density at radius 2 is 1.86 bits per heavy atom. The Morgan fingerprint density at radius 1 is 1.19 bits per heavy atom. The molecule has 2 aromatic carbocycles. The SMILES string of the molecule is CCC(N)Cc1ccc(Oc2ccc(F)c(C)c2)cc1Br. The van der Waals surface area contributed by atoms with Crippen molar-refractivity contribution in [3.8, 4) is 11.5 Å². The third kappa shape index (κ3) is 4.29. The zero-order valence-electron chi connectivity index (χ0n) is 12.2. The first-order chi connectivity index (χ1) is 9.99. The average molecular weight is 352 g/mol. The number of rotatable bonds is 5. The van der Waals surface area contributed by atoms with E-state index in [1.807, 2.05) is 18.2 Å². The lowest BCUT2D eigenvalue weighted by molar-refractivity contribution is 0.479. The second-order valence-electron chi connectivity index (χ2n) is 5.14. The summed E-state index contributed by atoms with van der Waals surface area (Å²) in [5.41, 5.74) is 7.70. The molecule has 0 saturated heterocycles. The molecule has 0 radical (unpaired) electrons. The predicted molar refractivity (Wildman–Crippen MR) is 87.3 cm³/mol. The lowest BCUT2D eigenvalue weighted by Gasteiger charge is -2.12. The minimum Gasteiger partial charge on any atom is -0.457 e. The van der Waals surface area contributed by atoms with E-state index >= 15 is 0 Å². The van der Waals surface area contributed by atoms with Crippen LogP contribution in [0, 0.1) is 12.7 Å². The Kier molecular flexibility index (Phi) is 5.37. The van der Waals surface area contributed by atoms with Gasteiger partial charge in [-0.25, -0.2) is 4.39 Å². The van der Waals surface area contributed by atoms with E-state index in [0.29, 0.717) is 17.1 Å². The maximum Gasteiger partial charge on any atom is 0.128 e. The molecule has 112 valence electrons. The summed E-state index contributed by atoms with van der Waals surface area (Å²) in [6.07, 6.45) is 1.77. The van der Waals surface area contributed by atoms with Crippen LogP contribution in [0.3, 0.4) is 0 Å². The molecule has 0 aliphatic carbocycles. The minimum absolute atomic E-state index is 0.160. The molecule has 2 rings (SSSR count). The van der Waals surface area contributed by atoms with E-state index in [4.69, 9.17) is 10.5 Å². The van der Waals surface area contributed by atoms with Crippen molar-refractivity contribution in [3.63, 3.8) is 0 Å². The first-order valence-corrected chi connectivity index (χ1v) is 7.77. The average Bonchev–Trinajstić information content (AvgIpc) is 2.45. The number of ether oxygens (including phenoxy) is 1. The summed E-state index contributed by atoms with van der Waals surface area (Å²) in [4.78, 5) is 0. The summed E-state index contributed by atoms with van der Waals surface area (Å²) in [6, 6.07) is 10.7. The van der Waals surface area contributed by atoms with E-state index < -0.39 is 0 Å². The quantitative estimate of drug-likeness (QED) is 0.825. The van der Waals surface area contributed by atoms with Gasteiger partial charge in [-0.15, -0.1) is 0 Å². The summed E-state index contributed by atoms with van der Waals surface area (Å²) in [5, 5.41) is 0. The molecular formula is C17H19BrFNO. The van der Waals surface area contributed by atoms with Crippen molar-refractivity contribution in [2.75, 3.05) is 0 Å². The van der Waals surface area contributed by atoms with Crippen molar-refractivity contribution < 1.29 is 9.13 Å². The fourth-order valence-corrected chi connectivity index (χ4v) is 2.52. The largest absolute Gasteiger partial charge is 0.457 e. The molecular weight excluding hydrogens is 333 g/mol. The highest BCUT2D eigenvalue weighted by atomic mass is 79.9. The van der Waals surface area contributed by atoms with Crippen LogP contribution < -0.4 is 10.5 Å². The second kappa shape index (κ2) is 7.05. The highest BCUT2D eigenvalue weighted by molar-refractivity contribution is 9.10.